The second-order valence-electron chi connectivity index (χ2n) is 4.11. The summed E-state index contributed by atoms with van der Waals surface area (Å²) >= 11 is 0. The van der Waals surface area contributed by atoms with Crippen LogP contribution in [0.5, 0.6) is 0 Å². The van der Waals surface area contributed by atoms with E-state index < -0.39 is 0 Å². The highest BCUT2D eigenvalue weighted by molar-refractivity contribution is 5.94. The summed E-state index contributed by atoms with van der Waals surface area (Å²) < 4.78 is 12.6. The van der Waals surface area contributed by atoms with Gasteiger partial charge in [-0.3, -0.25) is 4.79 Å². The van der Waals surface area contributed by atoms with Crippen molar-refractivity contribution in [3.05, 3.63) is 35.6 Å². The fourth-order valence-electron chi connectivity index (χ4n) is 1.61. The SMILES string of the molecule is CC(NC(=O)c1ccc(F)cc1)C1CC1. The third-order valence-electron chi connectivity index (χ3n) is 2.79. The molecule has 2 rings (SSSR count). The largest absolute Gasteiger partial charge is 0.349 e. The van der Waals surface area contributed by atoms with Crippen LogP contribution in [-0.2, 0) is 0 Å². The first-order valence-electron chi connectivity index (χ1n) is 5.23. The van der Waals surface area contributed by atoms with Crippen LogP contribution in [0.25, 0.3) is 0 Å². The molecule has 80 valence electrons. The second-order valence-corrected chi connectivity index (χ2v) is 4.11. The van der Waals surface area contributed by atoms with Crippen LogP contribution in [0, 0.1) is 11.7 Å². The van der Waals surface area contributed by atoms with Crippen molar-refractivity contribution in [1.29, 1.82) is 0 Å². The second kappa shape index (κ2) is 4.01. The Morgan fingerprint density at radius 2 is 2.00 bits per heavy atom. The first-order valence-corrected chi connectivity index (χ1v) is 5.23. The molecule has 1 N–H and O–H groups in total. The van der Waals surface area contributed by atoms with Crippen molar-refractivity contribution in [3.8, 4) is 0 Å². The van der Waals surface area contributed by atoms with Crippen LogP contribution < -0.4 is 5.32 Å². The molecular weight excluding hydrogens is 193 g/mol. The number of hydrogen-bond acceptors (Lipinski definition) is 1. The van der Waals surface area contributed by atoms with E-state index in [1.165, 1.54) is 37.1 Å². The van der Waals surface area contributed by atoms with Crippen molar-refractivity contribution in [1.82, 2.24) is 5.32 Å². The summed E-state index contributed by atoms with van der Waals surface area (Å²) in [6.45, 7) is 2.01. The van der Waals surface area contributed by atoms with Gasteiger partial charge in [0.1, 0.15) is 5.82 Å². The van der Waals surface area contributed by atoms with Gasteiger partial charge < -0.3 is 5.32 Å². The Bertz CT molecular complexity index is 356. The molecule has 0 bridgehead atoms. The van der Waals surface area contributed by atoms with Gasteiger partial charge in [0.2, 0.25) is 0 Å². The zero-order valence-electron chi connectivity index (χ0n) is 8.66. The van der Waals surface area contributed by atoms with Gasteiger partial charge >= 0.3 is 0 Å². The van der Waals surface area contributed by atoms with Crippen molar-refractivity contribution in [2.75, 3.05) is 0 Å². The molecule has 1 amide bonds. The molecule has 0 saturated heterocycles. The average molecular weight is 207 g/mol. The first kappa shape index (κ1) is 10.1. The molecule has 1 fully saturated rings. The maximum absolute atomic E-state index is 12.6. The third-order valence-corrected chi connectivity index (χ3v) is 2.79. The molecule has 1 saturated carbocycles. The van der Waals surface area contributed by atoms with Crippen LogP contribution in [0.4, 0.5) is 4.39 Å². The highest BCUT2D eigenvalue weighted by atomic mass is 19.1. The summed E-state index contributed by atoms with van der Waals surface area (Å²) in [7, 11) is 0. The van der Waals surface area contributed by atoms with Crippen molar-refractivity contribution in [2.24, 2.45) is 5.92 Å². The fourth-order valence-corrected chi connectivity index (χ4v) is 1.61. The summed E-state index contributed by atoms with van der Waals surface area (Å²) in [6.07, 6.45) is 2.40. The maximum Gasteiger partial charge on any atom is 0.251 e. The molecule has 1 aliphatic carbocycles. The van der Waals surface area contributed by atoms with E-state index in [0.717, 1.165) is 0 Å². The van der Waals surface area contributed by atoms with Crippen molar-refractivity contribution in [3.63, 3.8) is 0 Å². The Kier molecular flexibility index (Phi) is 2.71. The van der Waals surface area contributed by atoms with Gasteiger partial charge in [0.25, 0.3) is 5.91 Å². The highest BCUT2D eigenvalue weighted by Gasteiger charge is 2.28. The van der Waals surface area contributed by atoms with Crippen LogP contribution >= 0.6 is 0 Å². The number of carbonyl (C=O) groups excluding carboxylic acids is 1. The van der Waals surface area contributed by atoms with E-state index >= 15 is 0 Å². The van der Waals surface area contributed by atoms with Crippen LogP contribution in [0.3, 0.4) is 0 Å². The molecule has 1 atom stereocenters. The third kappa shape index (κ3) is 2.55. The molecule has 1 aliphatic rings. The summed E-state index contributed by atoms with van der Waals surface area (Å²) in [6, 6.07) is 5.84. The number of rotatable bonds is 3. The van der Waals surface area contributed by atoms with E-state index in [1.54, 1.807) is 0 Å². The van der Waals surface area contributed by atoms with Crippen LogP contribution in [0.15, 0.2) is 24.3 Å². The van der Waals surface area contributed by atoms with E-state index in [0.29, 0.717) is 11.5 Å². The zero-order valence-corrected chi connectivity index (χ0v) is 8.66. The number of halogens is 1. The van der Waals surface area contributed by atoms with Crippen LogP contribution in [-0.4, -0.2) is 11.9 Å². The van der Waals surface area contributed by atoms with E-state index in [4.69, 9.17) is 0 Å². The topological polar surface area (TPSA) is 29.1 Å². The van der Waals surface area contributed by atoms with E-state index in [1.807, 2.05) is 6.92 Å². The van der Waals surface area contributed by atoms with Gasteiger partial charge in [-0.1, -0.05) is 0 Å². The lowest BCUT2D eigenvalue weighted by Gasteiger charge is -2.12. The highest BCUT2D eigenvalue weighted by Crippen LogP contribution is 2.32. The lowest BCUT2D eigenvalue weighted by Crippen LogP contribution is -2.33. The summed E-state index contributed by atoms with van der Waals surface area (Å²) in [4.78, 5) is 11.7. The lowest BCUT2D eigenvalue weighted by atomic mass is 10.1. The Morgan fingerprint density at radius 3 is 2.53 bits per heavy atom. The fraction of sp³-hybridized carbons (Fsp3) is 0.417. The van der Waals surface area contributed by atoms with Crippen LogP contribution in [0.2, 0.25) is 0 Å². The van der Waals surface area contributed by atoms with E-state index in [-0.39, 0.29) is 17.8 Å². The lowest BCUT2D eigenvalue weighted by molar-refractivity contribution is 0.0936. The molecule has 15 heavy (non-hydrogen) atoms. The quantitative estimate of drug-likeness (QED) is 0.809. The molecule has 1 unspecified atom stereocenters. The summed E-state index contributed by atoms with van der Waals surface area (Å²) in [5.74, 6) is 0.200. The van der Waals surface area contributed by atoms with Gasteiger partial charge in [-0.25, -0.2) is 4.39 Å². The van der Waals surface area contributed by atoms with E-state index in [9.17, 15) is 9.18 Å². The first-order chi connectivity index (χ1) is 7.16. The van der Waals surface area contributed by atoms with Crippen molar-refractivity contribution >= 4 is 5.91 Å². The average Bonchev–Trinajstić information content (AvgIpc) is 3.01. The van der Waals surface area contributed by atoms with Gasteiger partial charge in [-0.05, 0) is 49.9 Å². The number of carbonyl (C=O) groups is 1. The Hall–Kier alpha value is -1.38. The van der Waals surface area contributed by atoms with Gasteiger partial charge in [0.15, 0.2) is 0 Å². The Balaban J connectivity index is 1.97. The normalized spacial score (nSPS) is 17.2. The van der Waals surface area contributed by atoms with E-state index in [2.05, 4.69) is 5.32 Å². The molecule has 0 aliphatic heterocycles. The molecular formula is C12H14FNO. The van der Waals surface area contributed by atoms with Crippen molar-refractivity contribution < 1.29 is 9.18 Å². The minimum Gasteiger partial charge on any atom is -0.349 e. The number of amides is 1. The predicted molar refractivity (Wildman–Crippen MR) is 56.1 cm³/mol. The van der Waals surface area contributed by atoms with Crippen molar-refractivity contribution in [2.45, 2.75) is 25.8 Å². The number of nitrogens with one attached hydrogen (secondary N) is 1. The molecule has 0 aromatic heterocycles. The zero-order chi connectivity index (χ0) is 10.8. The van der Waals surface area contributed by atoms with Gasteiger partial charge in [0, 0.05) is 11.6 Å². The van der Waals surface area contributed by atoms with Crippen LogP contribution in [0.1, 0.15) is 30.1 Å². The molecule has 1 aromatic carbocycles. The number of benzene rings is 1. The summed E-state index contributed by atoms with van der Waals surface area (Å²) in [5, 5.41) is 2.92. The Morgan fingerprint density at radius 1 is 1.40 bits per heavy atom. The molecule has 2 nitrogen and oxygen atoms in total. The molecule has 0 radical (unpaired) electrons. The number of hydrogen-bond donors (Lipinski definition) is 1. The predicted octanol–water partition coefficient (Wildman–Crippen LogP) is 2.35. The molecule has 0 spiro atoms. The van der Waals surface area contributed by atoms with Gasteiger partial charge in [-0.15, -0.1) is 0 Å². The molecule has 1 aromatic rings. The smallest absolute Gasteiger partial charge is 0.251 e. The maximum atomic E-state index is 12.6. The monoisotopic (exact) mass is 207 g/mol. The Labute approximate surface area is 88.5 Å². The summed E-state index contributed by atoms with van der Waals surface area (Å²) in [5.41, 5.74) is 0.518. The minimum atomic E-state index is -0.318. The van der Waals surface area contributed by atoms with Gasteiger partial charge in [-0.2, -0.15) is 0 Å². The standard InChI is InChI=1S/C12H14FNO/c1-8(9-2-3-9)14-12(15)10-4-6-11(13)7-5-10/h4-9H,2-3H2,1H3,(H,14,15). The minimum absolute atomic E-state index is 0.116. The molecule has 3 heteroatoms. The van der Waals surface area contributed by atoms with Gasteiger partial charge in [0.05, 0.1) is 0 Å². The molecule has 0 heterocycles.